The zero-order valence-corrected chi connectivity index (χ0v) is 14.3. The lowest BCUT2D eigenvalue weighted by molar-refractivity contribution is 0.628. The molecule has 3 rings (SSSR count). The fourth-order valence-electron chi connectivity index (χ4n) is 2.34. The van der Waals surface area contributed by atoms with Gasteiger partial charge in [0.2, 0.25) is 5.95 Å². The Labute approximate surface area is 147 Å². The minimum Gasteiger partial charge on any atom is -0.352 e. The highest BCUT2D eigenvalue weighted by Crippen LogP contribution is 2.24. The second-order valence-electron chi connectivity index (χ2n) is 5.91. The molecule has 0 saturated carbocycles. The van der Waals surface area contributed by atoms with Crippen molar-refractivity contribution < 1.29 is 4.39 Å². The molecule has 5 heteroatoms. The minimum atomic E-state index is -0.266. The number of anilines is 3. The van der Waals surface area contributed by atoms with Crippen molar-refractivity contribution in [2.45, 2.75) is 26.3 Å². The summed E-state index contributed by atoms with van der Waals surface area (Å²) in [5, 5.41) is 6.53. The largest absolute Gasteiger partial charge is 0.352 e. The van der Waals surface area contributed by atoms with Crippen molar-refractivity contribution in [2.24, 2.45) is 0 Å². The van der Waals surface area contributed by atoms with Crippen molar-refractivity contribution in [2.75, 3.05) is 10.6 Å². The van der Waals surface area contributed by atoms with Gasteiger partial charge in [0.15, 0.2) is 0 Å². The van der Waals surface area contributed by atoms with E-state index < -0.39 is 0 Å². The Morgan fingerprint density at radius 2 is 1.72 bits per heavy atom. The predicted octanol–water partition coefficient (Wildman–Crippen LogP) is 5.24. The Morgan fingerprint density at radius 3 is 2.40 bits per heavy atom. The molecule has 0 spiro atoms. The van der Waals surface area contributed by atoms with Gasteiger partial charge in [-0.1, -0.05) is 37.3 Å². The molecule has 0 aliphatic rings. The van der Waals surface area contributed by atoms with Crippen molar-refractivity contribution in [1.82, 2.24) is 9.97 Å². The summed E-state index contributed by atoms with van der Waals surface area (Å²) in [5.41, 5.74) is 2.61. The molecule has 0 aliphatic carbocycles. The third-order valence-corrected chi connectivity index (χ3v) is 3.90. The van der Waals surface area contributed by atoms with Gasteiger partial charge < -0.3 is 10.6 Å². The molecule has 4 nitrogen and oxygen atoms in total. The molecule has 0 radical (unpaired) electrons. The molecule has 128 valence electrons. The summed E-state index contributed by atoms with van der Waals surface area (Å²) in [6.07, 6.45) is 0.972. The van der Waals surface area contributed by atoms with E-state index in [9.17, 15) is 4.39 Å². The molecule has 0 amide bonds. The number of halogens is 1. The summed E-state index contributed by atoms with van der Waals surface area (Å²) in [4.78, 5) is 9.16. The van der Waals surface area contributed by atoms with Crippen LogP contribution in [0.15, 0.2) is 60.7 Å². The van der Waals surface area contributed by atoms with E-state index in [-0.39, 0.29) is 11.9 Å². The van der Waals surface area contributed by atoms with Crippen LogP contribution in [-0.4, -0.2) is 16.0 Å². The summed E-state index contributed by atoms with van der Waals surface area (Å²) in [6, 6.07) is 18.3. The molecule has 1 atom stereocenters. The van der Waals surface area contributed by atoms with E-state index in [0.717, 1.165) is 23.4 Å². The van der Waals surface area contributed by atoms with Crippen LogP contribution in [-0.2, 0) is 0 Å². The zero-order valence-electron chi connectivity index (χ0n) is 14.3. The first-order valence-corrected chi connectivity index (χ1v) is 8.37. The van der Waals surface area contributed by atoms with Crippen molar-refractivity contribution in [3.8, 4) is 11.3 Å². The van der Waals surface area contributed by atoms with E-state index in [1.165, 1.54) is 12.1 Å². The highest BCUT2D eigenvalue weighted by atomic mass is 19.1. The van der Waals surface area contributed by atoms with Crippen LogP contribution >= 0.6 is 0 Å². The Balaban J connectivity index is 1.95. The Bertz CT molecular complexity index is 819. The van der Waals surface area contributed by atoms with Crippen LogP contribution in [0.2, 0.25) is 0 Å². The highest BCUT2D eigenvalue weighted by molar-refractivity contribution is 5.67. The first-order chi connectivity index (χ1) is 12.1. The van der Waals surface area contributed by atoms with Gasteiger partial charge in [0.05, 0.1) is 5.69 Å². The highest BCUT2D eigenvalue weighted by Gasteiger charge is 2.09. The van der Waals surface area contributed by atoms with E-state index in [1.54, 1.807) is 12.1 Å². The lowest BCUT2D eigenvalue weighted by Crippen LogP contribution is -2.16. The SMILES string of the molecule is CCC(C)Nc1nc(Nc2ccc(F)cc2)cc(-c2ccccc2)n1. The summed E-state index contributed by atoms with van der Waals surface area (Å²) in [7, 11) is 0. The van der Waals surface area contributed by atoms with E-state index >= 15 is 0 Å². The molecule has 1 unspecified atom stereocenters. The van der Waals surface area contributed by atoms with Crippen LogP contribution in [0.3, 0.4) is 0 Å². The van der Waals surface area contributed by atoms with Gasteiger partial charge in [0.1, 0.15) is 11.6 Å². The molecule has 0 bridgehead atoms. The molecule has 3 aromatic rings. The zero-order chi connectivity index (χ0) is 17.6. The molecule has 1 heterocycles. The number of nitrogens with one attached hydrogen (secondary N) is 2. The molecule has 2 aromatic carbocycles. The quantitative estimate of drug-likeness (QED) is 0.646. The molecular formula is C20H21FN4. The molecule has 0 fully saturated rings. The monoisotopic (exact) mass is 336 g/mol. The lowest BCUT2D eigenvalue weighted by Gasteiger charge is -2.14. The smallest absolute Gasteiger partial charge is 0.225 e. The third-order valence-electron chi connectivity index (χ3n) is 3.90. The van der Waals surface area contributed by atoms with Crippen molar-refractivity contribution in [3.05, 3.63) is 66.5 Å². The van der Waals surface area contributed by atoms with Gasteiger partial charge in [0.25, 0.3) is 0 Å². The minimum absolute atomic E-state index is 0.266. The van der Waals surface area contributed by atoms with Gasteiger partial charge in [-0.2, -0.15) is 4.98 Å². The Hall–Kier alpha value is -2.95. The molecule has 1 aromatic heterocycles. The van der Waals surface area contributed by atoms with Gasteiger partial charge in [-0.05, 0) is 37.6 Å². The molecule has 0 aliphatic heterocycles. The third kappa shape index (κ3) is 4.53. The van der Waals surface area contributed by atoms with Crippen LogP contribution in [0, 0.1) is 5.82 Å². The summed E-state index contributed by atoms with van der Waals surface area (Å²) in [6.45, 7) is 4.20. The fraction of sp³-hybridized carbons (Fsp3) is 0.200. The van der Waals surface area contributed by atoms with Crippen LogP contribution in [0.4, 0.5) is 21.8 Å². The summed E-state index contributed by atoms with van der Waals surface area (Å²) in [5.74, 6) is 0.962. The number of aromatic nitrogens is 2. The average Bonchev–Trinajstić information content (AvgIpc) is 2.64. The Morgan fingerprint density at radius 1 is 1.00 bits per heavy atom. The van der Waals surface area contributed by atoms with Crippen LogP contribution in [0.5, 0.6) is 0 Å². The maximum Gasteiger partial charge on any atom is 0.225 e. The van der Waals surface area contributed by atoms with Crippen LogP contribution in [0.25, 0.3) is 11.3 Å². The number of hydrogen-bond donors (Lipinski definition) is 2. The maximum absolute atomic E-state index is 13.1. The van der Waals surface area contributed by atoms with E-state index in [2.05, 4.69) is 34.4 Å². The van der Waals surface area contributed by atoms with Crippen LogP contribution in [0.1, 0.15) is 20.3 Å². The number of hydrogen-bond acceptors (Lipinski definition) is 4. The number of nitrogens with zero attached hydrogens (tertiary/aromatic N) is 2. The topological polar surface area (TPSA) is 49.8 Å². The Kier molecular flexibility index (Phi) is 5.23. The number of benzene rings is 2. The fourth-order valence-corrected chi connectivity index (χ4v) is 2.34. The van der Waals surface area contributed by atoms with Crippen molar-refractivity contribution in [1.29, 1.82) is 0 Å². The molecular weight excluding hydrogens is 315 g/mol. The summed E-state index contributed by atoms with van der Waals surface area (Å²) < 4.78 is 13.1. The first-order valence-electron chi connectivity index (χ1n) is 8.37. The van der Waals surface area contributed by atoms with E-state index in [1.807, 2.05) is 36.4 Å². The van der Waals surface area contributed by atoms with Crippen LogP contribution < -0.4 is 10.6 Å². The molecule has 2 N–H and O–H groups in total. The van der Waals surface area contributed by atoms with Gasteiger partial charge >= 0.3 is 0 Å². The second-order valence-corrected chi connectivity index (χ2v) is 5.91. The molecule has 25 heavy (non-hydrogen) atoms. The average molecular weight is 336 g/mol. The van der Waals surface area contributed by atoms with Gasteiger partial charge in [-0.25, -0.2) is 9.37 Å². The number of rotatable bonds is 6. The second kappa shape index (κ2) is 7.75. The van der Waals surface area contributed by atoms with Gasteiger partial charge in [0, 0.05) is 23.4 Å². The maximum atomic E-state index is 13.1. The van der Waals surface area contributed by atoms with Gasteiger partial charge in [-0.15, -0.1) is 0 Å². The predicted molar refractivity (Wildman–Crippen MR) is 101 cm³/mol. The lowest BCUT2D eigenvalue weighted by atomic mass is 10.1. The standard InChI is InChI=1S/C20H21FN4/c1-3-14(2)22-20-24-18(15-7-5-4-6-8-15)13-19(25-20)23-17-11-9-16(21)10-12-17/h4-14H,3H2,1-2H3,(H2,22,23,24,25). The first kappa shape index (κ1) is 16.9. The van der Waals surface area contributed by atoms with Gasteiger partial charge in [-0.3, -0.25) is 0 Å². The normalized spacial score (nSPS) is 11.8. The van der Waals surface area contributed by atoms with Crippen molar-refractivity contribution >= 4 is 17.5 Å². The van der Waals surface area contributed by atoms with E-state index in [4.69, 9.17) is 0 Å². The van der Waals surface area contributed by atoms with E-state index in [0.29, 0.717) is 11.8 Å². The van der Waals surface area contributed by atoms with Crippen molar-refractivity contribution in [3.63, 3.8) is 0 Å². The molecule has 0 saturated heterocycles. The summed E-state index contributed by atoms with van der Waals surface area (Å²) >= 11 is 0.